The average Bonchev–Trinajstić information content (AvgIpc) is 2.43. The largest absolute Gasteiger partial charge is 0.393 e. The number of amides is 1. The highest BCUT2D eigenvalue weighted by molar-refractivity contribution is 7.80. The second-order valence-electron chi connectivity index (χ2n) is 5.66. The molecule has 0 atom stereocenters. The summed E-state index contributed by atoms with van der Waals surface area (Å²) in [5.41, 5.74) is 9.19. The van der Waals surface area contributed by atoms with Crippen molar-refractivity contribution in [3.05, 3.63) is 34.9 Å². The lowest BCUT2D eigenvalue weighted by molar-refractivity contribution is -0.131. The van der Waals surface area contributed by atoms with Crippen LogP contribution in [0.2, 0.25) is 0 Å². The molecule has 1 aromatic rings. The minimum absolute atomic E-state index is 0.208. The first-order valence-electron chi connectivity index (χ1n) is 7.10. The van der Waals surface area contributed by atoms with Crippen molar-refractivity contribution in [3.63, 3.8) is 0 Å². The van der Waals surface area contributed by atoms with Crippen LogP contribution in [0.15, 0.2) is 18.2 Å². The van der Waals surface area contributed by atoms with Crippen molar-refractivity contribution >= 4 is 23.1 Å². The fourth-order valence-electron chi connectivity index (χ4n) is 2.68. The maximum absolute atomic E-state index is 12.4. The van der Waals surface area contributed by atoms with Crippen molar-refractivity contribution in [2.24, 2.45) is 11.7 Å². The number of nitrogens with zero attached hydrogens (tertiary/aromatic N) is 1. The molecule has 1 aliphatic heterocycles. The first kappa shape index (κ1) is 15.0. The van der Waals surface area contributed by atoms with Crippen molar-refractivity contribution < 1.29 is 4.79 Å². The molecule has 1 heterocycles. The maximum Gasteiger partial charge on any atom is 0.227 e. The van der Waals surface area contributed by atoms with Gasteiger partial charge in [-0.15, -0.1) is 0 Å². The van der Waals surface area contributed by atoms with E-state index in [0.717, 1.165) is 31.5 Å². The van der Waals surface area contributed by atoms with E-state index in [1.54, 1.807) is 0 Å². The molecule has 1 fully saturated rings. The number of carbonyl (C=O) groups is 1. The monoisotopic (exact) mass is 290 g/mol. The van der Waals surface area contributed by atoms with Crippen molar-refractivity contribution in [2.75, 3.05) is 13.1 Å². The zero-order chi connectivity index (χ0) is 14.7. The van der Waals surface area contributed by atoms with Crippen molar-refractivity contribution in [3.8, 4) is 0 Å². The number of carbonyl (C=O) groups excluding carboxylic acids is 1. The molecule has 1 aromatic carbocycles. The summed E-state index contributed by atoms with van der Waals surface area (Å²) in [7, 11) is 0. The first-order valence-corrected chi connectivity index (χ1v) is 7.51. The van der Waals surface area contributed by atoms with E-state index in [2.05, 4.69) is 32.0 Å². The molecule has 0 unspecified atom stereocenters. The minimum atomic E-state index is 0.208. The summed E-state index contributed by atoms with van der Waals surface area (Å²) in [4.78, 5) is 14.9. The van der Waals surface area contributed by atoms with E-state index in [-0.39, 0.29) is 5.91 Å². The van der Waals surface area contributed by atoms with Gasteiger partial charge in [0, 0.05) is 19.0 Å². The quantitative estimate of drug-likeness (QED) is 0.869. The Kier molecular flexibility index (Phi) is 4.76. The number of rotatable bonds is 3. The van der Waals surface area contributed by atoms with E-state index >= 15 is 0 Å². The molecule has 0 aromatic heterocycles. The molecule has 4 heteroatoms. The van der Waals surface area contributed by atoms with Gasteiger partial charge in [-0.05, 0) is 37.8 Å². The summed E-state index contributed by atoms with van der Waals surface area (Å²) in [6.45, 7) is 5.65. The number of nitrogens with two attached hydrogens (primary N) is 1. The summed E-state index contributed by atoms with van der Waals surface area (Å²) in [5.74, 6) is 0.509. The number of benzene rings is 1. The maximum atomic E-state index is 12.4. The van der Waals surface area contributed by atoms with Gasteiger partial charge in [-0.2, -0.15) is 0 Å². The summed E-state index contributed by atoms with van der Waals surface area (Å²) in [5, 5.41) is 0. The highest BCUT2D eigenvalue weighted by Crippen LogP contribution is 2.19. The van der Waals surface area contributed by atoms with Gasteiger partial charge < -0.3 is 10.6 Å². The molecule has 0 spiro atoms. The van der Waals surface area contributed by atoms with Crippen LogP contribution in [-0.2, 0) is 11.2 Å². The fraction of sp³-hybridized carbons (Fsp3) is 0.500. The smallest absolute Gasteiger partial charge is 0.227 e. The lowest BCUT2D eigenvalue weighted by atomic mass is 9.96. The molecule has 0 aliphatic carbocycles. The SMILES string of the molecule is Cc1ccc(C)c(CC(=O)N2CCC(C(N)=S)CC2)c1. The number of hydrogen-bond donors (Lipinski definition) is 1. The molecule has 1 amide bonds. The van der Waals surface area contributed by atoms with Crippen LogP contribution in [-0.4, -0.2) is 28.9 Å². The number of piperidine rings is 1. The molecule has 108 valence electrons. The molecule has 20 heavy (non-hydrogen) atoms. The van der Waals surface area contributed by atoms with Crippen molar-refractivity contribution in [1.29, 1.82) is 0 Å². The van der Waals surface area contributed by atoms with Crippen LogP contribution in [0.5, 0.6) is 0 Å². The Bertz CT molecular complexity index is 519. The second-order valence-corrected chi connectivity index (χ2v) is 6.14. The minimum Gasteiger partial charge on any atom is -0.393 e. The van der Waals surface area contributed by atoms with Gasteiger partial charge in [0.05, 0.1) is 11.4 Å². The van der Waals surface area contributed by atoms with Crippen LogP contribution in [0, 0.1) is 19.8 Å². The Morgan fingerprint density at radius 1 is 1.35 bits per heavy atom. The number of likely N-dealkylation sites (tertiary alicyclic amines) is 1. The van der Waals surface area contributed by atoms with Crippen LogP contribution < -0.4 is 5.73 Å². The van der Waals surface area contributed by atoms with Crippen LogP contribution in [0.25, 0.3) is 0 Å². The van der Waals surface area contributed by atoms with E-state index in [4.69, 9.17) is 18.0 Å². The highest BCUT2D eigenvalue weighted by Gasteiger charge is 2.24. The van der Waals surface area contributed by atoms with E-state index in [1.165, 1.54) is 11.1 Å². The van der Waals surface area contributed by atoms with E-state index in [9.17, 15) is 4.79 Å². The summed E-state index contributed by atoms with van der Waals surface area (Å²) in [6.07, 6.45) is 2.28. The zero-order valence-electron chi connectivity index (χ0n) is 12.2. The molecular weight excluding hydrogens is 268 g/mol. The molecule has 1 saturated heterocycles. The Morgan fingerprint density at radius 2 is 2.00 bits per heavy atom. The Balaban J connectivity index is 1.96. The summed E-state index contributed by atoms with van der Waals surface area (Å²) >= 11 is 5.03. The van der Waals surface area contributed by atoms with Crippen LogP contribution in [0.1, 0.15) is 29.5 Å². The van der Waals surface area contributed by atoms with Crippen LogP contribution >= 0.6 is 12.2 Å². The molecule has 1 aliphatic rings. The number of aryl methyl sites for hydroxylation is 2. The van der Waals surface area contributed by atoms with Gasteiger partial charge in [0.15, 0.2) is 0 Å². The van der Waals surface area contributed by atoms with Gasteiger partial charge >= 0.3 is 0 Å². The Labute approximate surface area is 126 Å². The van der Waals surface area contributed by atoms with Gasteiger partial charge in [-0.25, -0.2) is 0 Å². The Morgan fingerprint density at radius 3 is 2.60 bits per heavy atom. The zero-order valence-corrected chi connectivity index (χ0v) is 13.0. The lowest BCUT2D eigenvalue weighted by Crippen LogP contribution is -2.42. The van der Waals surface area contributed by atoms with E-state index in [0.29, 0.717) is 17.3 Å². The van der Waals surface area contributed by atoms with Gasteiger partial charge in [-0.3, -0.25) is 4.79 Å². The van der Waals surface area contributed by atoms with Crippen LogP contribution in [0.3, 0.4) is 0 Å². The molecule has 0 bridgehead atoms. The summed E-state index contributed by atoms with van der Waals surface area (Å²) < 4.78 is 0. The van der Waals surface area contributed by atoms with Gasteiger partial charge in [0.25, 0.3) is 0 Å². The number of thiocarbonyl (C=S) groups is 1. The van der Waals surface area contributed by atoms with Gasteiger partial charge in [0.2, 0.25) is 5.91 Å². The van der Waals surface area contributed by atoms with Gasteiger partial charge in [0.1, 0.15) is 0 Å². The number of hydrogen-bond acceptors (Lipinski definition) is 2. The van der Waals surface area contributed by atoms with Crippen molar-refractivity contribution in [1.82, 2.24) is 4.90 Å². The Hall–Kier alpha value is -1.42. The molecule has 0 radical (unpaired) electrons. The standard InChI is InChI=1S/C16H22N2OS/c1-11-3-4-12(2)14(9-11)10-15(19)18-7-5-13(6-8-18)16(17)20/h3-4,9,13H,5-8,10H2,1-2H3,(H2,17,20). The molecular formula is C16H22N2OS. The second kappa shape index (κ2) is 6.35. The predicted molar refractivity (Wildman–Crippen MR) is 85.7 cm³/mol. The fourth-order valence-corrected chi connectivity index (χ4v) is 2.91. The van der Waals surface area contributed by atoms with Crippen LogP contribution in [0.4, 0.5) is 0 Å². The summed E-state index contributed by atoms with van der Waals surface area (Å²) in [6, 6.07) is 6.27. The van der Waals surface area contributed by atoms with E-state index in [1.807, 2.05) is 4.90 Å². The molecule has 0 saturated carbocycles. The topological polar surface area (TPSA) is 46.3 Å². The third-order valence-electron chi connectivity index (χ3n) is 4.10. The predicted octanol–water partition coefficient (Wildman–Crippen LogP) is 2.37. The van der Waals surface area contributed by atoms with Gasteiger partial charge in [-0.1, -0.05) is 36.0 Å². The normalized spacial score (nSPS) is 16.2. The van der Waals surface area contributed by atoms with Crippen molar-refractivity contribution in [2.45, 2.75) is 33.1 Å². The lowest BCUT2D eigenvalue weighted by Gasteiger charge is -2.31. The molecule has 2 N–H and O–H groups in total. The third kappa shape index (κ3) is 3.57. The highest BCUT2D eigenvalue weighted by atomic mass is 32.1. The third-order valence-corrected chi connectivity index (χ3v) is 4.43. The van der Waals surface area contributed by atoms with E-state index < -0.39 is 0 Å². The first-order chi connectivity index (χ1) is 9.47. The molecule has 2 rings (SSSR count). The molecule has 3 nitrogen and oxygen atoms in total. The average molecular weight is 290 g/mol.